The Morgan fingerprint density at radius 2 is 1.88 bits per heavy atom. The van der Waals surface area contributed by atoms with Crippen LogP contribution in [0.25, 0.3) is 0 Å². The Morgan fingerprint density at radius 1 is 1.28 bits per heavy atom. The second-order valence-electron chi connectivity index (χ2n) is 5.51. The quantitative estimate of drug-likeness (QED) is 0.731. The van der Waals surface area contributed by atoms with Crippen molar-refractivity contribution >= 4 is 33.2 Å². The summed E-state index contributed by atoms with van der Waals surface area (Å²) in [5, 5.41) is 6.56. The van der Waals surface area contributed by atoms with Gasteiger partial charge in [-0.1, -0.05) is 0 Å². The Morgan fingerprint density at radius 3 is 2.36 bits per heavy atom. The third-order valence-electron chi connectivity index (χ3n) is 3.94. The molecule has 25 heavy (non-hydrogen) atoms. The van der Waals surface area contributed by atoms with E-state index in [1.54, 1.807) is 6.92 Å². The monoisotopic (exact) mass is 414 g/mol. The third kappa shape index (κ3) is 4.56. The average molecular weight is 415 g/mol. The van der Waals surface area contributed by atoms with Crippen LogP contribution < -0.4 is 10.2 Å². The Kier molecular flexibility index (Phi) is 6.52. The Bertz CT molecular complexity index is 727. The van der Waals surface area contributed by atoms with Gasteiger partial charge in [0.1, 0.15) is 12.2 Å². The van der Waals surface area contributed by atoms with Gasteiger partial charge in [-0.05, 0) is 61.0 Å². The van der Waals surface area contributed by atoms with Gasteiger partial charge in [0, 0.05) is 24.5 Å². The van der Waals surface area contributed by atoms with Crippen molar-refractivity contribution in [3.63, 3.8) is 0 Å². The number of nitrogens with zero attached hydrogens (tertiary/aromatic N) is 3. The summed E-state index contributed by atoms with van der Waals surface area (Å²) in [6.07, 6.45) is -2.69. The lowest BCUT2D eigenvalue weighted by Crippen LogP contribution is -2.22. The number of amides is 1. The highest BCUT2D eigenvalue weighted by Gasteiger charge is 2.21. The van der Waals surface area contributed by atoms with E-state index in [0.717, 1.165) is 18.8 Å². The van der Waals surface area contributed by atoms with Gasteiger partial charge in [0.05, 0.1) is 10.2 Å². The van der Waals surface area contributed by atoms with Crippen molar-refractivity contribution in [1.82, 2.24) is 9.78 Å². The largest absolute Gasteiger partial charge is 0.372 e. The van der Waals surface area contributed by atoms with E-state index in [2.05, 4.69) is 45.1 Å². The van der Waals surface area contributed by atoms with E-state index in [-0.39, 0.29) is 22.6 Å². The van der Waals surface area contributed by atoms with Crippen LogP contribution in [0.5, 0.6) is 0 Å². The van der Waals surface area contributed by atoms with Crippen LogP contribution in [0.2, 0.25) is 0 Å². The number of alkyl halides is 2. The van der Waals surface area contributed by atoms with E-state index in [1.807, 2.05) is 24.3 Å². The van der Waals surface area contributed by atoms with Gasteiger partial charge in [-0.15, -0.1) is 0 Å². The smallest absolute Gasteiger partial charge is 0.283 e. The highest BCUT2D eigenvalue weighted by atomic mass is 79.9. The summed E-state index contributed by atoms with van der Waals surface area (Å²) in [6.45, 7) is 7.48. The van der Waals surface area contributed by atoms with Crippen molar-refractivity contribution in [3.8, 4) is 0 Å². The second-order valence-corrected chi connectivity index (χ2v) is 6.30. The number of benzene rings is 1. The fourth-order valence-electron chi connectivity index (χ4n) is 2.52. The number of nitrogens with one attached hydrogen (secondary N) is 1. The van der Waals surface area contributed by atoms with Crippen molar-refractivity contribution in [2.24, 2.45) is 0 Å². The van der Waals surface area contributed by atoms with E-state index < -0.39 is 6.43 Å². The maximum absolute atomic E-state index is 12.9. The molecule has 1 heterocycles. The van der Waals surface area contributed by atoms with Gasteiger partial charge in [-0.25, -0.2) is 8.78 Å². The van der Waals surface area contributed by atoms with Crippen LogP contribution in [-0.4, -0.2) is 28.8 Å². The van der Waals surface area contributed by atoms with Gasteiger partial charge in [0.15, 0.2) is 0 Å². The summed E-state index contributed by atoms with van der Waals surface area (Å²) in [4.78, 5) is 14.4. The van der Waals surface area contributed by atoms with Gasteiger partial charge in [0.2, 0.25) is 5.91 Å². The van der Waals surface area contributed by atoms with E-state index in [0.29, 0.717) is 11.4 Å². The van der Waals surface area contributed by atoms with Crippen molar-refractivity contribution < 1.29 is 13.6 Å². The molecule has 0 aliphatic rings. The summed E-state index contributed by atoms with van der Waals surface area (Å²) in [5.74, 6) is -0.325. The number of aromatic nitrogens is 2. The summed E-state index contributed by atoms with van der Waals surface area (Å²) >= 11 is 3.09. The summed E-state index contributed by atoms with van der Waals surface area (Å²) in [7, 11) is 0. The highest BCUT2D eigenvalue weighted by Crippen LogP contribution is 2.29. The second kappa shape index (κ2) is 8.42. The number of carbonyl (C=O) groups is 1. The molecule has 136 valence electrons. The van der Waals surface area contributed by atoms with Crippen LogP contribution in [0.4, 0.5) is 20.2 Å². The van der Waals surface area contributed by atoms with E-state index in [9.17, 15) is 13.6 Å². The third-order valence-corrected chi connectivity index (χ3v) is 4.92. The summed E-state index contributed by atoms with van der Waals surface area (Å²) in [5.41, 5.74) is 1.87. The number of carbonyl (C=O) groups excluding carboxylic acids is 1. The lowest BCUT2D eigenvalue weighted by Gasteiger charge is -2.21. The maximum atomic E-state index is 12.9. The predicted octanol–water partition coefficient (Wildman–Crippen LogP) is 4.38. The number of anilines is 2. The van der Waals surface area contributed by atoms with Gasteiger partial charge in [0.25, 0.3) is 6.43 Å². The first-order chi connectivity index (χ1) is 11.9. The minimum Gasteiger partial charge on any atom is -0.372 e. The number of halogens is 3. The molecule has 1 aromatic carbocycles. The lowest BCUT2D eigenvalue weighted by molar-refractivity contribution is -0.117. The Balaban J connectivity index is 2.04. The zero-order chi connectivity index (χ0) is 18.6. The molecule has 0 bridgehead atoms. The molecule has 0 atom stereocenters. The first-order valence-corrected chi connectivity index (χ1v) is 8.82. The molecule has 0 spiro atoms. The standard InChI is InChI=1S/C17H21BrF2N4O/c1-4-23(5-2)13-8-6-12(7-9-13)21-14(25)10-24-11(3)15(18)16(22-24)17(19)20/h6-9,17H,4-5,10H2,1-3H3,(H,21,25). The van der Waals surface area contributed by atoms with Gasteiger partial charge < -0.3 is 10.2 Å². The fraction of sp³-hybridized carbons (Fsp3) is 0.412. The molecule has 0 radical (unpaired) electrons. The average Bonchev–Trinajstić information content (AvgIpc) is 2.86. The molecule has 0 saturated heterocycles. The molecule has 0 saturated carbocycles. The molecule has 2 aromatic rings. The molecule has 0 aliphatic carbocycles. The van der Waals surface area contributed by atoms with Crippen LogP contribution in [-0.2, 0) is 11.3 Å². The molecule has 2 rings (SSSR count). The van der Waals surface area contributed by atoms with Crippen molar-refractivity contribution in [2.45, 2.75) is 33.7 Å². The summed E-state index contributed by atoms with van der Waals surface area (Å²) in [6, 6.07) is 7.52. The molecular formula is C17H21BrF2N4O. The van der Waals surface area contributed by atoms with Crippen LogP contribution in [0.15, 0.2) is 28.7 Å². The first kappa shape index (κ1) is 19.4. The number of hydrogen-bond donors (Lipinski definition) is 1. The number of rotatable bonds is 7. The van der Waals surface area contributed by atoms with Crippen LogP contribution in [0.3, 0.4) is 0 Å². The normalized spacial score (nSPS) is 11.0. The highest BCUT2D eigenvalue weighted by molar-refractivity contribution is 9.10. The Hall–Kier alpha value is -1.96. The molecule has 1 amide bonds. The fourth-order valence-corrected chi connectivity index (χ4v) is 2.98. The molecule has 1 N–H and O–H groups in total. The predicted molar refractivity (Wildman–Crippen MR) is 98.3 cm³/mol. The topological polar surface area (TPSA) is 50.2 Å². The van der Waals surface area contributed by atoms with Gasteiger partial charge >= 0.3 is 0 Å². The maximum Gasteiger partial charge on any atom is 0.283 e. The molecule has 0 unspecified atom stereocenters. The van der Waals surface area contributed by atoms with Crippen molar-refractivity contribution in [1.29, 1.82) is 0 Å². The molecule has 1 aromatic heterocycles. The zero-order valence-electron chi connectivity index (χ0n) is 14.4. The Labute approximate surface area is 154 Å². The molecule has 0 aliphatic heterocycles. The minimum atomic E-state index is -2.69. The molecule has 8 heteroatoms. The number of hydrogen-bond acceptors (Lipinski definition) is 3. The van der Waals surface area contributed by atoms with E-state index >= 15 is 0 Å². The van der Waals surface area contributed by atoms with Crippen LogP contribution in [0, 0.1) is 6.92 Å². The van der Waals surface area contributed by atoms with Crippen LogP contribution >= 0.6 is 15.9 Å². The summed E-state index contributed by atoms with van der Waals surface area (Å²) < 4.78 is 27.2. The van der Waals surface area contributed by atoms with Gasteiger partial charge in [-0.3, -0.25) is 9.48 Å². The first-order valence-electron chi connectivity index (χ1n) is 8.03. The van der Waals surface area contributed by atoms with Crippen molar-refractivity contribution in [2.75, 3.05) is 23.3 Å². The zero-order valence-corrected chi connectivity index (χ0v) is 16.0. The van der Waals surface area contributed by atoms with E-state index in [1.165, 1.54) is 4.68 Å². The van der Waals surface area contributed by atoms with Crippen LogP contribution in [0.1, 0.15) is 31.7 Å². The lowest BCUT2D eigenvalue weighted by atomic mass is 10.2. The van der Waals surface area contributed by atoms with Crippen molar-refractivity contribution in [3.05, 3.63) is 40.1 Å². The molecular weight excluding hydrogens is 394 g/mol. The minimum absolute atomic E-state index is 0.130. The van der Waals surface area contributed by atoms with E-state index in [4.69, 9.17) is 0 Å². The van der Waals surface area contributed by atoms with Gasteiger partial charge in [-0.2, -0.15) is 5.10 Å². The SMILES string of the molecule is CCN(CC)c1ccc(NC(=O)Cn2nc(C(F)F)c(Br)c2C)cc1. The molecule has 5 nitrogen and oxygen atoms in total. The molecule has 0 fully saturated rings.